The minimum atomic E-state index is 0. The van der Waals surface area contributed by atoms with Crippen LogP contribution >= 0.6 is 12.4 Å². The highest BCUT2D eigenvalue weighted by molar-refractivity contribution is 5.85. The molecule has 0 radical (unpaired) electrons. The second-order valence-electron chi connectivity index (χ2n) is 4.68. The molecule has 88 valence electrons. The van der Waals surface area contributed by atoms with E-state index < -0.39 is 0 Å². The number of fused-ring (bicyclic) bond motifs is 1. The lowest BCUT2D eigenvalue weighted by Gasteiger charge is -2.31. The van der Waals surface area contributed by atoms with Gasteiger partial charge in [0, 0.05) is 12.5 Å². The van der Waals surface area contributed by atoms with Crippen LogP contribution < -0.4 is 10.5 Å². The van der Waals surface area contributed by atoms with E-state index in [0.29, 0.717) is 5.92 Å². The van der Waals surface area contributed by atoms with Gasteiger partial charge >= 0.3 is 0 Å². The van der Waals surface area contributed by atoms with Crippen LogP contribution in [-0.4, -0.2) is 6.61 Å². The summed E-state index contributed by atoms with van der Waals surface area (Å²) in [5.41, 5.74) is 8.88. The Kier molecular flexibility index (Phi) is 3.41. The molecule has 2 aliphatic rings. The maximum atomic E-state index is 6.25. The SMILES string of the molecule is Cl.N[C@@H](c1ccc2c(c1)CCO2)C1CCC1. The van der Waals surface area contributed by atoms with E-state index in [-0.39, 0.29) is 18.4 Å². The zero-order chi connectivity index (χ0) is 10.3. The molecule has 3 rings (SSSR count). The van der Waals surface area contributed by atoms with Crippen molar-refractivity contribution in [3.8, 4) is 5.75 Å². The number of nitrogens with two attached hydrogens (primary N) is 1. The molecule has 0 saturated heterocycles. The van der Waals surface area contributed by atoms with Gasteiger partial charge in [-0.05, 0) is 36.0 Å². The molecule has 3 heteroatoms. The van der Waals surface area contributed by atoms with Crippen LogP contribution in [-0.2, 0) is 6.42 Å². The zero-order valence-electron chi connectivity index (χ0n) is 9.32. The Hall–Kier alpha value is -0.730. The molecule has 1 atom stereocenters. The van der Waals surface area contributed by atoms with Gasteiger partial charge in [0.2, 0.25) is 0 Å². The molecule has 0 aromatic heterocycles. The number of hydrogen-bond acceptors (Lipinski definition) is 2. The minimum Gasteiger partial charge on any atom is -0.493 e. The van der Waals surface area contributed by atoms with Crippen LogP contribution in [0, 0.1) is 5.92 Å². The largest absolute Gasteiger partial charge is 0.493 e. The summed E-state index contributed by atoms with van der Waals surface area (Å²) in [7, 11) is 0. The number of benzene rings is 1. The predicted octanol–water partition coefficient (Wildman–Crippen LogP) is 2.84. The lowest BCUT2D eigenvalue weighted by Crippen LogP contribution is -2.26. The molecule has 0 unspecified atom stereocenters. The fourth-order valence-electron chi connectivity index (χ4n) is 2.48. The lowest BCUT2D eigenvalue weighted by atomic mass is 9.77. The Bertz CT molecular complexity index is 376. The maximum Gasteiger partial charge on any atom is 0.122 e. The zero-order valence-corrected chi connectivity index (χ0v) is 10.1. The van der Waals surface area contributed by atoms with Crippen LogP contribution in [0.2, 0.25) is 0 Å². The Morgan fingerprint density at radius 2 is 2.12 bits per heavy atom. The van der Waals surface area contributed by atoms with Crippen molar-refractivity contribution in [1.29, 1.82) is 0 Å². The van der Waals surface area contributed by atoms with E-state index in [1.807, 2.05) is 0 Å². The first kappa shape index (κ1) is 11.7. The van der Waals surface area contributed by atoms with Crippen LogP contribution in [0.25, 0.3) is 0 Å². The van der Waals surface area contributed by atoms with Crippen molar-refractivity contribution in [2.75, 3.05) is 6.61 Å². The predicted molar refractivity (Wildman–Crippen MR) is 67.2 cm³/mol. The smallest absolute Gasteiger partial charge is 0.122 e. The topological polar surface area (TPSA) is 35.2 Å². The molecule has 1 aromatic carbocycles. The van der Waals surface area contributed by atoms with Crippen LogP contribution in [0.5, 0.6) is 5.75 Å². The monoisotopic (exact) mass is 239 g/mol. The van der Waals surface area contributed by atoms with E-state index in [1.54, 1.807) is 0 Å². The van der Waals surface area contributed by atoms with E-state index in [9.17, 15) is 0 Å². The van der Waals surface area contributed by atoms with E-state index in [4.69, 9.17) is 10.5 Å². The molecule has 1 aliphatic heterocycles. The number of hydrogen-bond donors (Lipinski definition) is 1. The third kappa shape index (κ3) is 1.92. The number of halogens is 1. The number of ether oxygens (including phenoxy) is 1. The molecule has 1 aliphatic carbocycles. The summed E-state index contributed by atoms with van der Waals surface area (Å²) in [6, 6.07) is 6.69. The quantitative estimate of drug-likeness (QED) is 0.862. The fraction of sp³-hybridized carbons (Fsp3) is 0.538. The molecule has 2 nitrogen and oxygen atoms in total. The highest BCUT2D eigenvalue weighted by atomic mass is 35.5. The summed E-state index contributed by atoms with van der Waals surface area (Å²) < 4.78 is 5.49. The Morgan fingerprint density at radius 1 is 1.31 bits per heavy atom. The molecule has 2 N–H and O–H groups in total. The van der Waals surface area contributed by atoms with Crippen LogP contribution in [0.4, 0.5) is 0 Å². The van der Waals surface area contributed by atoms with E-state index in [1.165, 1.54) is 30.4 Å². The lowest BCUT2D eigenvalue weighted by molar-refractivity contribution is 0.264. The van der Waals surface area contributed by atoms with Crippen molar-refractivity contribution in [2.24, 2.45) is 11.7 Å². The van der Waals surface area contributed by atoms with Gasteiger partial charge in [-0.1, -0.05) is 18.6 Å². The highest BCUT2D eigenvalue weighted by Gasteiger charge is 2.26. The van der Waals surface area contributed by atoms with Gasteiger partial charge in [-0.2, -0.15) is 0 Å². The van der Waals surface area contributed by atoms with Gasteiger partial charge in [0.05, 0.1) is 6.61 Å². The molecule has 0 bridgehead atoms. The van der Waals surface area contributed by atoms with E-state index in [0.717, 1.165) is 18.8 Å². The summed E-state index contributed by atoms with van der Waals surface area (Å²) in [5, 5.41) is 0. The highest BCUT2D eigenvalue weighted by Crippen LogP contribution is 2.37. The third-order valence-corrected chi connectivity index (χ3v) is 3.76. The van der Waals surface area contributed by atoms with Crippen LogP contribution in [0.3, 0.4) is 0 Å². The van der Waals surface area contributed by atoms with E-state index >= 15 is 0 Å². The van der Waals surface area contributed by atoms with Crippen LogP contribution in [0.1, 0.15) is 36.4 Å². The van der Waals surface area contributed by atoms with E-state index in [2.05, 4.69) is 18.2 Å². The fourth-order valence-corrected chi connectivity index (χ4v) is 2.48. The summed E-state index contributed by atoms with van der Waals surface area (Å²) in [4.78, 5) is 0. The van der Waals surface area contributed by atoms with Crippen molar-refractivity contribution in [3.05, 3.63) is 29.3 Å². The van der Waals surface area contributed by atoms with Gasteiger partial charge in [0.15, 0.2) is 0 Å². The molecule has 1 fully saturated rings. The second kappa shape index (κ2) is 4.64. The Balaban J connectivity index is 0.000000963. The van der Waals surface area contributed by atoms with Crippen molar-refractivity contribution < 1.29 is 4.74 Å². The number of rotatable bonds is 2. The first-order valence-corrected chi connectivity index (χ1v) is 5.86. The van der Waals surface area contributed by atoms with Crippen molar-refractivity contribution in [1.82, 2.24) is 0 Å². The maximum absolute atomic E-state index is 6.25. The summed E-state index contributed by atoms with van der Waals surface area (Å²) in [6.45, 7) is 0.831. The van der Waals surface area contributed by atoms with Gasteiger partial charge in [0.25, 0.3) is 0 Å². The summed E-state index contributed by atoms with van der Waals surface area (Å²) >= 11 is 0. The van der Waals surface area contributed by atoms with Gasteiger partial charge in [-0.3, -0.25) is 0 Å². The Morgan fingerprint density at radius 3 is 2.81 bits per heavy atom. The summed E-state index contributed by atoms with van der Waals surface area (Å²) in [6.07, 6.45) is 5.00. The standard InChI is InChI=1S/C13H17NO.ClH/c14-13(9-2-1-3-9)11-4-5-12-10(8-11)6-7-15-12;/h4-5,8-9,13H,1-3,6-7,14H2;1H/t13-;/m1./s1. The second-order valence-corrected chi connectivity index (χ2v) is 4.68. The molecule has 1 aromatic rings. The van der Waals surface area contributed by atoms with Crippen molar-refractivity contribution in [3.63, 3.8) is 0 Å². The van der Waals surface area contributed by atoms with Gasteiger partial charge in [-0.25, -0.2) is 0 Å². The molecule has 1 saturated carbocycles. The summed E-state index contributed by atoms with van der Waals surface area (Å²) in [5.74, 6) is 1.77. The average Bonchev–Trinajstić information content (AvgIpc) is 2.61. The molecule has 0 amide bonds. The molecular weight excluding hydrogens is 222 g/mol. The van der Waals surface area contributed by atoms with Gasteiger partial charge < -0.3 is 10.5 Å². The van der Waals surface area contributed by atoms with Gasteiger partial charge in [-0.15, -0.1) is 12.4 Å². The average molecular weight is 240 g/mol. The first-order chi connectivity index (χ1) is 7.34. The van der Waals surface area contributed by atoms with Crippen molar-refractivity contribution in [2.45, 2.75) is 31.7 Å². The molecule has 16 heavy (non-hydrogen) atoms. The normalized spacial score (nSPS) is 20.3. The van der Waals surface area contributed by atoms with Crippen LogP contribution in [0.15, 0.2) is 18.2 Å². The molecular formula is C13H18ClNO. The first-order valence-electron chi connectivity index (χ1n) is 5.86. The minimum absolute atomic E-state index is 0. The van der Waals surface area contributed by atoms with Crippen molar-refractivity contribution >= 4 is 12.4 Å². The molecule has 1 heterocycles. The Labute approximate surface area is 103 Å². The van der Waals surface area contributed by atoms with Gasteiger partial charge in [0.1, 0.15) is 5.75 Å². The third-order valence-electron chi connectivity index (χ3n) is 3.76. The molecule has 0 spiro atoms.